The fourth-order valence-corrected chi connectivity index (χ4v) is 0. The molecular weight excluding hydrogens is 454 g/mol. The van der Waals surface area contributed by atoms with Crippen LogP contribution in [0.15, 0.2) is 0 Å². The first-order chi connectivity index (χ1) is 0. The molecule has 0 aromatic carbocycles. The van der Waals surface area contributed by atoms with E-state index in [1.807, 2.05) is 0 Å². The molecule has 0 aliphatic carbocycles. The van der Waals surface area contributed by atoms with Crippen molar-refractivity contribution >= 4 is 17.4 Å². The number of hydrogen-bond acceptors (Lipinski definition) is 0. The molecule has 2 radical (unpaired) electrons. The van der Waals surface area contributed by atoms with Gasteiger partial charge in [-0.1, -0.05) is 0 Å². The molecule has 0 unspecified atom stereocenters. The molecule has 1 nitrogen and oxygen atoms in total. The van der Waals surface area contributed by atoms with Gasteiger partial charge in [-0.15, -0.1) is 0 Å². The number of rotatable bonds is 0. The molecule has 0 spiro atoms. The Morgan fingerprint density at radius 2 is 1.00 bits per heavy atom. The van der Waals surface area contributed by atoms with E-state index < -0.39 is 0 Å². The number of hydrogen-bond donors (Lipinski definition) is 0. The fraction of sp³-hybridized carbons (Fsp3) is 0. The van der Waals surface area contributed by atoms with Gasteiger partial charge >= 0.3 is 0 Å². The fourth-order valence-electron chi connectivity index (χ4n) is 0. The normalized spacial score (nSPS) is 0. The van der Waals surface area contributed by atoms with E-state index in [2.05, 4.69) is 0 Å². The Balaban J connectivity index is 0. The summed E-state index contributed by atoms with van der Waals surface area (Å²) in [4.78, 5) is 0. The standard InChI is InChI=1S/Al.La.H2O.Ta.Zr.3H/h;;1H2;;;;;. The Morgan fingerprint density at radius 3 is 1.00 bits per heavy atom. The van der Waals surface area contributed by atoms with Crippen molar-refractivity contribution in [3.63, 3.8) is 0 Å². The predicted molar refractivity (Wildman–Crippen MR) is 13.6 cm³/mol. The van der Waals surface area contributed by atoms with Gasteiger partial charge in [0.25, 0.3) is 0 Å². The van der Waals surface area contributed by atoms with Gasteiger partial charge in [0.05, 0.1) is 0 Å². The Bertz CT molecular complexity index is 11.6. The molecule has 0 amide bonds. The van der Waals surface area contributed by atoms with Gasteiger partial charge in [0.2, 0.25) is 0 Å². The quantitative estimate of drug-likeness (QED) is 0.376. The first kappa shape index (κ1) is 40.5. The molecule has 0 bridgehead atoms. The van der Waals surface area contributed by atoms with E-state index >= 15 is 0 Å². The predicted octanol–water partition coefficient (Wildman–Crippen LogP) is -2.01. The first-order valence-corrected chi connectivity index (χ1v) is 0. The Morgan fingerprint density at radius 1 is 1.00 bits per heavy atom. The Labute approximate surface area is 105 Å². The van der Waals surface area contributed by atoms with Crippen LogP contribution < -0.4 is 0 Å². The molecule has 26 valence electrons. The van der Waals surface area contributed by atoms with Crippen molar-refractivity contribution in [1.29, 1.82) is 0 Å². The largest absolute Gasteiger partial charge is 0.412 e. The minimum atomic E-state index is 0. The van der Waals surface area contributed by atoms with Crippen LogP contribution in [0.2, 0.25) is 0 Å². The van der Waals surface area contributed by atoms with E-state index in [4.69, 9.17) is 0 Å². The molecule has 0 heterocycles. The zero-order valence-electron chi connectivity index (χ0n) is 2.02. The van der Waals surface area contributed by atoms with Crippen LogP contribution in [0.1, 0.15) is 0 Å². The zero-order chi connectivity index (χ0) is 0. The summed E-state index contributed by atoms with van der Waals surface area (Å²) >= 11 is 0. The van der Waals surface area contributed by atoms with Crippen LogP contribution in [0.25, 0.3) is 0 Å². The van der Waals surface area contributed by atoms with Gasteiger partial charge in [0.15, 0.2) is 17.4 Å². The maximum atomic E-state index is 0. The van der Waals surface area contributed by atoms with Crippen molar-refractivity contribution in [2.75, 3.05) is 0 Å². The van der Waals surface area contributed by atoms with Crippen molar-refractivity contribution in [3.8, 4) is 0 Å². The van der Waals surface area contributed by atoms with Crippen LogP contribution in [0, 0.1) is 35.6 Å². The van der Waals surface area contributed by atoms with E-state index in [0.29, 0.717) is 0 Å². The van der Waals surface area contributed by atoms with Gasteiger partial charge in [0.1, 0.15) is 0 Å². The molecular formula is H5AlLaOTaZr. The third kappa shape index (κ3) is 18.8. The monoisotopic (exact) mass is 458 g/mol. The van der Waals surface area contributed by atoms with E-state index in [0.717, 1.165) is 0 Å². The van der Waals surface area contributed by atoms with Crippen molar-refractivity contribution < 1.29 is 89.7 Å². The molecule has 0 atom stereocenters. The van der Waals surface area contributed by atoms with Gasteiger partial charge in [-0.25, -0.2) is 0 Å². The van der Waals surface area contributed by atoms with Gasteiger partial charge < -0.3 is 5.48 Å². The molecule has 0 saturated carbocycles. The average molecular weight is 459 g/mol. The maximum absolute atomic E-state index is 0. The van der Waals surface area contributed by atoms with Crippen molar-refractivity contribution in [2.45, 2.75) is 0 Å². The van der Waals surface area contributed by atoms with E-state index in [1.54, 1.807) is 0 Å². The summed E-state index contributed by atoms with van der Waals surface area (Å²) in [5, 5.41) is 0. The molecule has 0 saturated heterocycles. The Hall–Kier alpha value is 3.31. The zero-order valence-corrected chi connectivity index (χ0v) is 11.3. The molecule has 0 aliphatic rings. The van der Waals surface area contributed by atoms with Crippen LogP contribution in [-0.4, -0.2) is 22.8 Å². The molecule has 0 rings (SSSR count). The van der Waals surface area contributed by atoms with Crippen molar-refractivity contribution in [1.82, 2.24) is 0 Å². The molecule has 0 aromatic heterocycles. The third-order valence-corrected chi connectivity index (χ3v) is 0. The molecule has 0 fully saturated rings. The van der Waals surface area contributed by atoms with Crippen molar-refractivity contribution in [2.24, 2.45) is 0 Å². The second-order valence-electron chi connectivity index (χ2n) is 0. The summed E-state index contributed by atoms with van der Waals surface area (Å²) in [6, 6.07) is 0. The summed E-state index contributed by atoms with van der Waals surface area (Å²) < 4.78 is 0. The molecule has 0 aromatic rings. The summed E-state index contributed by atoms with van der Waals surface area (Å²) in [5.74, 6) is 0. The topological polar surface area (TPSA) is 31.5 Å². The second-order valence-corrected chi connectivity index (χ2v) is 0. The molecule has 5 heteroatoms. The van der Waals surface area contributed by atoms with Crippen LogP contribution in [0.5, 0.6) is 0 Å². The average Bonchev–Trinajstić information content (AvgIpc) is 0. The Kier molecular flexibility index (Phi) is 215. The summed E-state index contributed by atoms with van der Waals surface area (Å²) in [6.07, 6.45) is 0. The second kappa shape index (κ2) is 26.6. The van der Waals surface area contributed by atoms with Gasteiger partial charge in [-0.05, 0) is 0 Å². The van der Waals surface area contributed by atoms with Crippen LogP contribution in [-0.2, 0) is 48.6 Å². The van der Waals surface area contributed by atoms with Crippen LogP contribution >= 0.6 is 0 Å². The minimum absolute atomic E-state index is 0. The van der Waals surface area contributed by atoms with Crippen LogP contribution in [0.3, 0.4) is 0 Å². The van der Waals surface area contributed by atoms with Crippen LogP contribution in [0.4, 0.5) is 0 Å². The molecule has 5 heavy (non-hydrogen) atoms. The van der Waals surface area contributed by atoms with E-state index in [-0.39, 0.29) is 107 Å². The smallest absolute Gasteiger partial charge is 0.187 e. The molecule has 2 N–H and O–H groups in total. The van der Waals surface area contributed by atoms with E-state index in [9.17, 15) is 0 Å². The third-order valence-electron chi connectivity index (χ3n) is 0. The SMILES string of the molecule is O.[AlH3].[La].[Ta].[Zr]. The minimum Gasteiger partial charge on any atom is -0.412 e. The summed E-state index contributed by atoms with van der Waals surface area (Å²) in [7, 11) is 0. The van der Waals surface area contributed by atoms with Gasteiger partial charge in [0, 0.05) is 84.2 Å². The summed E-state index contributed by atoms with van der Waals surface area (Å²) in [5.41, 5.74) is 0. The van der Waals surface area contributed by atoms with Crippen molar-refractivity contribution in [3.05, 3.63) is 0 Å². The maximum Gasteiger partial charge on any atom is 0.187 e. The first-order valence-electron chi connectivity index (χ1n) is 0. The van der Waals surface area contributed by atoms with Gasteiger partial charge in [-0.2, -0.15) is 0 Å². The van der Waals surface area contributed by atoms with E-state index in [1.165, 1.54) is 0 Å². The van der Waals surface area contributed by atoms with Gasteiger partial charge in [-0.3, -0.25) is 0 Å². The molecule has 0 aliphatic heterocycles. The summed E-state index contributed by atoms with van der Waals surface area (Å²) in [6.45, 7) is 0.